The predicted molar refractivity (Wildman–Crippen MR) is 85.9 cm³/mol. The molecule has 1 saturated carbocycles. The van der Waals surface area contributed by atoms with E-state index in [4.69, 9.17) is 0 Å². The first-order chi connectivity index (χ1) is 11.2. The molecule has 1 aliphatic carbocycles. The highest BCUT2D eigenvalue weighted by molar-refractivity contribution is 5.92. The molecule has 23 heavy (non-hydrogen) atoms. The van der Waals surface area contributed by atoms with E-state index < -0.39 is 0 Å². The molecule has 0 bridgehead atoms. The van der Waals surface area contributed by atoms with Crippen LogP contribution in [0.5, 0.6) is 0 Å². The Morgan fingerprint density at radius 2 is 2.17 bits per heavy atom. The molecule has 1 aliphatic rings. The van der Waals surface area contributed by atoms with Crippen molar-refractivity contribution >= 4 is 17.2 Å². The molecule has 0 aliphatic heterocycles. The SMILES string of the molecule is O=C(Cc1cccc2nccn12)Nc1ccc(C2CC2)c(F)c1. The van der Waals surface area contributed by atoms with E-state index in [9.17, 15) is 9.18 Å². The maximum absolute atomic E-state index is 14.0. The monoisotopic (exact) mass is 309 g/mol. The molecule has 0 spiro atoms. The molecule has 0 saturated heterocycles. The minimum Gasteiger partial charge on any atom is -0.326 e. The van der Waals surface area contributed by atoms with Crippen LogP contribution in [0.25, 0.3) is 5.65 Å². The number of rotatable bonds is 4. The normalized spacial score (nSPS) is 14.1. The Bertz CT molecular complexity index is 883. The zero-order valence-corrected chi connectivity index (χ0v) is 12.5. The van der Waals surface area contributed by atoms with Crippen LogP contribution in [0.1, 0.15) is 30.0 Å². The molecule has 2 aromatic heterocycles. The van der Waals surface area contributed by atoms with Crippen molar-refractivity contribution in [1.29, 1.82) is 0 Å². The first-order valence-corrected chi connectivity index (χ1v) is 7.71. The number of amides is 1. The van der Waals surface area contributed by atoms with Crippen molar-refractivity contribution in [2.45, 2.75) is 25.2 Å². The second kappa shape index (κ2) is 5.50. The van der Waals surface area contributed by atoms with Crippen LogP contribution in [0.15, 0.2) is 48.8 Å². The summed E-state index contributed by atoms with van der Waals surface area (Å²) in [5.74, 6) is -0.0506. The van der Waals surface area contributed by atoms with Crippen molar-refractivity contribution in [2.24, 2.45) is 0 Å². The number of fused-ring (bicyclic) bond motifs is 1. The predicted octanol–water partition coefficient (Wildman–Crippen LogP) is 3.53. The Kier molecular flexibility index (Phi) is 3.33. The Morgan fingerprint density at radius 3 is 2.96 bits per heavy atom. The lowest BCUT2D eigenvalue weighted by Crippen LogP contribution is -2.16. The van der Waals surface area contributed by atoms with Crippen molar-refractivity contribution < 1.29 is 9.18 Å². The fourth-order valence-corrected chi connectivity index (χ4v) is 2.85. The Hall–Kier alpha value is -2.69. The zero-order valence-electron chi connectivity index (χ0n) is 12.5. The molecule has 0 atom stereocenters. The third-order valence-electron chi connectivity index (χ3n) is 4.16. The van der Waals surface area contributed by atoms with Gasteiger partial charge in [0.25, 0.3) is 0 Å². The van der Waals surface area contributed by atoms with Gasteiger partial charge in [0.05, 0.1) is 6.42 Å². The Balaban J connectivity index is 1.49. The zero-order chi connectivity index (χ0) is 15.8. The average molecular weight is 309 g/mol. The number of carbonyl (C=O) groups excluding carboxylic acids is 1. The topological polar surface area (TPSA) is 46.4 Å². The van der Waals surface area contributed by atoms with Crippen LogP contribution in [-0.4, -0.2) is 15.3 Å². The molecule has 5 heteroatoms. The van der Waals surface area contributed by atoms with Gasteiger partial charge >= 0.3 is 0 Å². The standard InChI is InChI=1S/C18H16FN3O/c19-16-10-13(6-7-15(16)12-4-5-12)21-18(23)11-14-2-1-3-17-20-8-9-22(14)17/h1-3,6-10,12H,4-5,11H2,(H,21,23). The van der Waals surface area contributed by atoms with Crippen LogP contribution >= 0.6 is 0 Å². The molecule has 4 nitrogen and oxygen atoms in total. The molecule has 2 heterocycles. The lowest BCUT2D eigenvalue weighted by molar-refractivity contribution is -0.115. The first-order valence-electron chi connectivity index (χ1n) is 7.71. The van der Waals surface area contributed by atoms with Crippen molar-refractivity contribution in [1.82, 2.24) is 9.38 Å². The number of aromatic nitrogens is 2. The van der Waals surface area contributed by atoms with Crippen molar-refractivity contribution in [2.75, 3.05) is 5.32 Å². The summed E-state index contributed by atoms with van der Waals surface area (Å²) in [4.78, 5) is 16.4. The summed E-state index contributed by atoms with van der Waals surface area (Å²) in [5, 5.41) is 2.76. The summed E-state index contributed by atoms with van der Waals surface area (Å²) < 4.78 is 15.9. The third kappa shape index (κ3) is 2.82. The number of benzene rings is 1. The summed E-state index contributed by atoms with van der Waals surface area (Å²) in [6.45, 7) is 0. The van der Waals surface area contributed by atoms with E-state index in [0.29, 0.717) is 11.6 Å². The van der Waals surface area contributed by atoms with E-state index in [-0.39, 0.29) is 18.1 Å². The molecule has 1 fully saturated rings. The van der Waals surface area contributed by atoms with Gasteiger partial charge in [-0.1, -0.05) is 12.1 Å². The van der Waals surface area contributed by atoms with Crippen molar-refractivity contribution in [3.8, 4) is 0 Å². The maximum atomic E-state index is 14.0. The van der Waals surface area contributed by atoms with Crippen LogP contribution in [-0.2, 0) is 11.2 Å². The first kappa shape index (κ1) is 13.9. The molecular weight excluding hydrogens is 293 g/mol. The molecule has 0 radical (unpaired) electrons. The van der Waals surface area contributed by atoms with Gasteiger partial charge in [0.1, 0.15) is 11.5 Å². The molecule has 1 aromatic carbocycles. The van der Waals surface area contributed by atoms with Gasteiger partial charge in [-0.05, 0) is 48.6 Å². The highest BCUT2D eigenvalue weighted by Crippen LogP contribution is 2.41. The van der Waals surface area contributed by atoms with Crippen LogP contribution in [0.4, 0.5) is 10.1 Å². The summed E-state index contributed by atoms with van der Waals surface area (Å²) in [6.07, 6.45) is 5.83. The quantitative estimate of drug-likeness (QED) is 0.801. The highest BCUT2D eigenvalue weighted by Gasteiger charge is 2.26. The van der Waals surface area contributed by atoms with E-state index >= 15 is 0 Å². The number of carbonyl (C=O) groups is 1. The fourth-order valence-electron chi connectivity index (χ4n) is 2.85. The molecule has 1 N–H and O–H groups in total. The third-order valence-corrected chi connectivity index (χ3v) is 4.16. The van der Waals surface area contributed by atoms with Gasteiger partial charge in [-0.15, -0.1) is 0 Å². The minimum atomic E-state index is -0.234. The van der Waals surface area contributed by atoms with Crippen molar-refractivity contribution in [3.05, 3.63) is 65.9 Å². The average Bonchev–Trinajstić information content (AvgIpc) is 3.24. The number of pyridine rings is 1. The van der Waals surface area contributed by atoms with Crippen LogP contribution < -0.4 is 5.32 Å². The van der Waals surface area contributed by atoms with Gasteiger partial charge < -0.3 is 9.72 Å². The summed E-state index contributed by atoms with van der Waals surface area (Å²) >= 11 is 0. The van der Waals surface area contributed by atoms with E-state index in [2.05, 4.69) is 10.3 Å². The second-order valence-electron chi connectivity index (χ2n) is 5.91. The Labute approximate surface area is 133 Å². The minimum absolute atomic E-state index is 0.176. The molecule has 4 rings (SSSR count). The van der Waals surface area contributed by atoms with E-state index in [1.165, 1.54) is 6.07 Å². The lowest BCUT2D eigenvalue weighted by atomic mass is 10.1. The van der Waals surface area contributed by atoms with Gasteiger partial charge in [-0.3, -0.25) is 4.79 Å². The summed E-state index contributed by atoms with van der Waals surface area (Å²) in [7, 11) is 0. The number of imidazole rings is 1. The number of hydrogen-bond donors (Lipinski definition) is 1. The number of nitrogens with one attached hydrogen (secondary N) is 1. The van der Waals surface area contributed by atoms with E-state index in [1.807, 2.05) is 28.8 Å². The molecule has 1 amide bonds. The summed E-state index contributed by atoms with van der Waals surface area (Å²) in [6, 6.07) is 10.6. The second-order valence-corrected chi connectivity index (χ2v) is 5.91. The van der Waals surface area contributed by atoms with Gasteiger partial charge in [0, 0.05) is 23.8 Å². The highest BCUT2D eigenvalue weighted by atomic mass is 19.1. The lowest BCUT2D eigenvalue weighted by Gasteiger charge is -2.09. The van der Waals surface area contributed by atoms with Gasteiger partial charge in [-0.2, -0.15) is 0 Å². The maximum Gasteiger partial charge on any atom is 0.230 e. The fraction of sp³-hybridized carbons (Fsp3) is 0.222. The van der Waals surface area contributed by atoms with Crippen molar-refractivity contribution in [3.63, 3.8) is 0 Å². The number of hydrogen-bond acceptors (Lipinski definition) is 2. The number of anilines is 1. The van der Waals surface area contributed by atoms with Gasteiger partial charge in [-0.25, -0.2) is 9.37 Å². The Morgan fingerprint density at radius 1 is 1.30 bits per heavy atom. The van der Waals surface area contributed by atoms with Gasteiger partial charge in [0.2, 0.25) is 5.91 Å². The smallest absolute Gasteiger partial charge is 0.230 e. The molecular formula is C18H16FN3O. The van der Waals surface area contributed by atoms with Crippen LogP contribution in [0.2, 0.25) is 0 Å². The summed E-state index contributed by atoms with van der Waals surface area (Å²) in [5.41, 5.74) is 2.89. The molecule has 3 aromatic rings. The molecule has 0 unspecified atom stereocenters. The number of halogens is 1. The number of nitrogens with zero attached hydrogens (tertiary/aromatic N) is 2. The van der Waals surface area contributed by atoms with E-state index in [0.717, 1.165) is 29.7 Å². The van der Waals surface area contributed by atoms with E-state index in [1.54, 1.807) is 18.3 Å². The molecule has 116 valence electrons. The van der Waals surface area contributed by atoms with Crippen LogP contribution in [0.3, 0.4) is 0 Å². The van der Waals surface area contributed by atoms with Crippen LogP contribution in [0, 0.1) is 5.82 Å². The largest absolute Gasteiger partial charge is 0.326 e. The van der Waals surface area contributed by atoms with Gasteiger partial charge in [0.15, 0.2) is 0 Å².